The first-order chi connectivity index (χ1) is 9.65. The smallest absolute Gasteiger partial charge is 0.320 e. The van der Waals surface area contributed by atoms with Crippen molar-refractivity contribution in [3.8, 4) is 0 Å². The van der Waals surface area contributed by atoms with E-state index in [1.807, 2.05) is 54.6 Å². The van der Waals surface area contributed by atoms with Crippen LogP contribution < -0.4 is 16.6 Å². The van der Waals surface area contributed by atoms with Crippen molar-refractivity contribution in [2.45, 2.75) is 12.5 Å². The van der Waals surface area contributed by atoms with E-state index in [1.54, 1.807) is 0 Å². The Bertz CT molecular complexity index is 555. The van der Waals surface area contributed by atoms with Crippen LogP contribution in [0.2, 0.25) is 0 Å². The molecule has 0 aliphatic rings. The average molecular weight is 271 g/mol. The van der Waals surface area contributed by atoms with Crippen LogP contribution in [0, 0.1) is 0 Å². The second-order valence-corrected chi connectivity index (χ2v) is 4.46. The van der Waals surface area contributed by atoms with Crippen LogP contribution in [0.3, 0.4) is 0 Å². The third-order valence-corrected chi connectivity index (χ3v) is 2.85. The van der Waals surface area contributed by atoms with E-state index in [0.29, 0.717) is 6.42 Å². The Hall–Kier alpha value is -2.53. The number of anilines is 2. The van der Waals surface area contributed by atoms with Crippen LogP contribution in [0.1, 0.15) is 5.56 Å². The minimum absolute atomic E-state index is 0.321. The maximum absolute atomic E-state index is 10.7. The quantitative estimate of drug-likeness (QED) is 0.604. The molecule has 2 aromatic carbocycles. The van der Waals surface area contributed by atoms with Gasteiger partial charge in [0.05, 0.1) is 11.4 Å². The zero-order chi connectivity index (χ0) is 14.4. The third kappa shape index (κ3) is 4.00. The lowest BCUT2D eigenvalue weighted by Crippen LogP contribution is -2.32. The normalized spacial score (nSPS) is 11.7. The summed E-state index contributed by atoms with van der Waals surface area (Å²) in [6.45, 7) is 0. The summed E-state index contributed by atoms with van der Waals surface area (Å²) in [6, 6.07) is 16.3. The lowest BCUT2D eigenvalue weighted by atomic mass is 10.1. The number of nitrogens with one attached hydrogen (secondary N) is 2. The summed E-state index contributed by atoms with van der Waals surface area (Å²) < 4.78 is 0. The molecule has 1 atom stereocenters. The molecular formula is C15H17N3O2. The van der Waals surface area contributed by atoms with Gasteiger partial charge in [-0.05, 0) is 36.2 Å². The van der Waals surface area contributed by atoms with Crippen molar-refractivity contribution in [2.75, 3.05) is 10.9 Å². The molecule has 0 bridgehead atoms. The first-order valence-corrected chi connectivity index (χ1v) is 6.29. The average Bonchev–Trinajstić information content (AvgIpc) is 2.47. The van der Waals surface area contributed by atoms with Gasteiger partial charge in [0.1, 0.15) is 6.04 Å². The van der Waals surface area contributed by atoms with Gasteiger partial charge in [-0.3, -0.25) is 4.79 Å². The summed E-state index contributed by atoms with van der Waals surface area (Å²) in [7, 11) is 0. The third-order valence-electron chi connectivity index (χ3n) is 2.85. The van der Waals surface area contributed by atoms with Crippen LogP contribution in [0.15, 0.2) is 54.6 Å². The second kappa shape index (κ2) is 6.58. The number of hydrazine groups is 1. The van der Waals surface area contributed by atoms with Crippen molar-refractivity contribution in [1.82, 2.24) is 0 Å². The number of nitrogens with two attached hydrogens (primary N) is 1. The van der Waals surface area contributed by atoms with Gasteiger partial charge in [-0.2, -0.15) is 0 Å². The minimum atomic E-state index is -0.988. The van der Waals surface area contributed by atoms with Gasteiger partial charge in [0.25, 0.3) is 0 Å². The molecule has 20 heavy (non-hydrogen) atoms. The number of carboxylic acids is 1. The highest BCUT2D eigenvalue weighted by molar-refractivity contribution is 5.73. The lowest BCUT2D eigenvalue weighted by Gasteiger charge is -2.11. The van der Waals surface area contributed by atoms with Gasteiger partial charge in [-0.15, -0.1) is 0 Å². The van der Waals surface area contributed by atoms with Crippen LogP contribution in [-0.2, 0) is 11.2 Å². The van der Waals surface area contributed by atoms with E-state index in [2.05, 4.69) is 10.9 Å². The van der Waals surface area contributed by atoms with Crippen LogP contribution in [0.5, 0.6) is 0 Å². The molecule has 0 spiro atoms. The van der Waals surface area contributed by atoms with E-state index in [4.69, 9.17) is 10.8 Å². The molecule has 5 heteroatoms. The molecule has 5 N–H and O–H groups in total. The number of benzene rings is 2. The number of para-hydroxylation sites is 1. The number of hydrogen-bond donors (Lipinski definition) is 4. The Morgan fingerprint density at radius 2 is 1.55 bits per heavy atom. The molecule has 5 nitrogen and oxygen atoms in total. The fraction of sp³-hybridized carbons (Fsp3) is 0.133. The van der Waals surface area contributed by atoms with E-state index in [1.165, 1.54) is 0 Å². The van der Waals surface area contributed by atoms with Gasteiger partial charge >= 0.3 is 5.97 Å². The van der Waals surface area contributed by atoms with Gasteiger partial charge in [0.15, 0.2) is 0 Å². The van der Waals surface area contributed by atoms with Gasteiger partial charge in [-0.1, -0.05) is 30.3 Å². The first-order valence-electron chi connectivity index (χ1n) is 6.29. The highest BCUT2D eigenvalue weighted by Crippen LogP contribution is 2.12. The zero-order valence-corrected chi connectivity index (χ0v) is 10.9. The summed E-state index contributed by atoms with van der Waals surface area (Å²) in [6.07, 6.45) is 0.321. The Kier molecular flexibility index (Phi) is 4.57. The van der Waals surface area contributed by atoms with Crippen molar-refractivity contribution in [2.24, 2.45) is 5.73 Å². The zero-order valence-electron chi connectivity index (χ0n) is 10.9. The molecule has 0 heterocycles. The molecule has 0 aromatic heterocycles. The van der Waals surface area contributed by atoms with Crippen molar-refractivity contribution < 1.29 is 9.90 Å². The summed E-state index contributed by atoms with van der Waals surface area (Å²) in [4.78, 5) is 10.7. The summed E-state index contributed by atoms with van der Waals surface area (Å²) in [5.74, 6) is -0.988. The lowest BCUT2D eigenvalue weighted by molar-refractivity contribution is -0.138. The molecule has 2 aromatic rings. The molecule has 0 unspecified atom stereocenters. The maximum atomic E-state index is 10.7. The van der Waals surface area contributed by atoms with Crippen molar-refractivity contribution in [1.29, 1.82) is 0 Å². The summed E-state index contributed by atoms with van der Waals surface area (Å²) in [5.41, 5.74) is 14.4. The van der Waals surface area contributed by atoms with E-state index in [9.17, 15) is 4.79 Å². The molecule has 0 aliphatic carbocycles. The standard InChI is InChI=1S/C15H17N3O2/c16-14(15(19)20)10-11-6-8-13(9-7-11)18-17-12-4-2-1-3-5-12/h1-9,14,17-18H,10,16H2,(H,19,20)/t14-/m0/s1. The molecule has 0 aliphatic heterocycles. The molecular weight excluding hydrogens is 254 g/mol. The predicted octanol–water partition coefficient (Wildman–Crippen LogP) is 2.08. The van der Waals surface area contributed by atoms with Crippen LogP contribution >= 0.6 is 0 Å². The van der Waals surface area contributed by atoms with Crippen LogP contribution in [0.4, 0.5) is 11.4 Å². The van der Waals surface area contributed by atoms with Crippen molar-refractivity contribution >= 4 is 17.3 Å². The fourth-order valence-electron chi connectivity index (χ4n) is 1.73. The van der Waals surface area contributed by atoms with Gasteiger partial charge in [-0.25, -0.2) is 0 Å². The van der Waals surface area contributed by atoms with Crippen molar-refractivity contribution in [3.05, 3.63) is 60.2 Å². The van der Waals surface area contributed by atoms with Gasteiger partial charge in [0.2, 0.25) is 0 Å². The second-order valence-electron chi connectivity index (χ2n) is 4.46. The highest BCUT2D eigenvalue weighted by Gasteiger charge is 2.11. The van der Waals surface area contributed by atoms with Crippen LogP contribution in [0.25, 0.3) is 0 Å². The number of rotatable bonds is 6. The molecule has 0 radical (unpaired) electrons. The number of carboxylic acid groups (broad SMARTS) is 1. The van der Waals surface area contributed by atoms with E-state index in [-0.39, 0.29) is 0 Å². The maximum Gasteiger partial charge on any atom is 0.320 e. The monoisotopic (exact) mass is 271 g/mol. The molecule has 2 rings (SSSR count). The number of hydrogen-bond acceptors (Lipinski definition) is 4. The predicted molar refractivity (Wildman–Crippen MR) is 79.4 cm³/mol. The van der Waals surface area contributed by atoms with E-state index < -0.39 is 12.0 Å². The summed E-state index contributed by atoms with van der Waals surface area (Å²) in [5, 5.41) is 8.76. The summed E-state index contributed by atoms with van der Waals surface area (Å²) >= 11 is 0. The largest absolute Gasteiger partial charge is 0.480 e. The Morgan fingerprint density at radius 3 is 2.10 bits per heavy atom. The SMILES string of the molecule is N[C@@H](Cc1ccc(NNc2ccccc2)cc1)C(=O)O. The van der Waals surface area contributed by atoms with E-state index >= 15 is 0 Å². The Morgan fingerprint density at radius 1 is 1.00 bits per heavy atom. The van der Waals surface area contributed by atoms with Gasteiger partial charge < -0.3 is 21.7 Å². The number of carbonyl (C=O) groups is 1. The Balaban J connectivity index is 1.90. The molecule has 0 amide bonds. The topological polar surface area (TPSA) is 87.4 Å². The highest BCUT2D eigenvalue weighted by atomic mass is 16.4. The minimum Gasteiger partial charge on any atom is -0.480 e. The fourth-order valence-corrected chi connectivity index (χ4v) is 1.73. The van der Waals surface area contributed by atoms with Gasteiger partial charge in [0, 0.05) is 0 Å². The number of aliphatic carboxylic acids is 1. The Labute approximate surface area is 117 Å². The molecule has 0 saturated carbocycles. The van der Waals surface area contributed by atoms with Crippen molar-refractivity contribution in [3.63, 3.8) is 0 Å². The molecule has 0 saturated heterocycles. The molecule has 0 fully saturated rings. The molecule has 104 valence electrons. The first kappa shape index (κ1) is 13.9. The van der Waals surface area contributed by atoms with E-state index in [0.717, 1.165) is 16.9 Å². The van der Waals surface area contributed by atoms with Crippen LogP contribution in [-0.4, -0.2) is 17.1 Å².